The molecule has 0 aliphatic carbocycles. The number of hydrogen-bond acceptors (Lipinski definition) is 2. The van der Waals surface area contributed by atoms with Crippen molar-refractivity contribution in [3.63, 3.8) is 0 Å². The minimum atomic E-state index is 0.194. The van der Waals surface area contributed by atoms with E-state index in [1.807, 2.05) is 25.1 Å². The zero-order valence-electron chi connectivity index (χ0n) is 10.0. The number of nitrogens with one attached hydrogen (secondary N) is 1. The summed E-state index contributed by atoms with van der Waals surface area (Å²) < 4.78 is 0. The summed E-state index contributed by atoms with van der Waals surface area (Å²) in [5.74, 6) is 0.194. The topological polar surface area (TPSA) is 29.1 Å². The lowest BCUT2D eigenvalue weighted by molar-refractivity contribution is 0.0983. The van der Waals surface area contributed by atoms with Gasteiger partial charge in [0.1, 0.15) is 0 Å². The summed E-state index contributed by atoms with van der Waals surface area (Å²) in [5, 5.41) is 3.12. The molecule has 1 N–H and O–H groups in total. The Morgan fingerprint density at radius 2 is 2.12 bits per heavy atom. The Morgan fingerprint density at radius 1 is 1.38 bits per heavy atom. The molecule has 0 amide bonds. The van der Waals surface area contributed by atoms with Crippen LogP contribution in [-0.2, 0) is 0 Å². The van der Waals surface area contributed by atoms with Crippen molar-refractivity contribution in [2.24, 2.45) is 0 Å². The molecule has 0 spiro atoms. The van der Waals surface area contributed by atoms with Crippen LogP contribution in [0.5, 0.6) is 0 Å². The molecular weight excluding hydrogens is 198 g/mol. The van der Waals surface area contributed by atoms with Crippen LogP contribution in [0.4, 0.5) is 0 Å². The number of carbonyl (C=O) groups is 1. The smallest absolute Gasteiger partial charge is 0.164 e. The Hall–Kier alpha value is -1.41. The summed E-state index contributed by atoms with van der Waals surface area (Å²) in [7, 11) is 0. The van der Waals surface area contributed by atoms with Crippen LogP contribution in [0.2, 0.25) is 0 Å². The molecule has 0 atom stereocenters. The van der Waals surface area contributed by atoms with Crippen LogP contribution in [-0.4, -0.2) is 18.9 Å². The number of carbonyl (C=O) groups excluding carboxylic acids is 1. The molecular formula is C14H19NO. The first kappa shape index (κ1) is 12.7. The fourth-order valence-corrected chi connectivity index (χ4v) is 1.47. The molecule has 1 aromatic carbocycles. The standard InChI is InChI=1S/C14H19NO/c1-4-8-15-9-7-14(16)13-6-5-11(2)12(3)10-13/h4-6,10,15H,1,7-9H2,2-3H3. The maximum absolute atomic E-state index is 11.8. The van der Waals surface area contributed by atoms with Gasteiger partial charge >= 0.3 is 0 Å². The highest BCUT2D eigenvalue weighted by atomic mass is 16.1. The molecule has 0 aromatic heterocycles. The van der Waals surface area contributed by atoms with Crippen molar-refractivity contribution in [1.82, 2.24) is 5.32 Å². The van der Waals surface area contributed by atoms with E-state index in [2.05, 4.69) is 18.8 Å². The second kappa shape index (κ2) is 6.23. The van der Waals surface area contributed by atoms with Crippen LogP contribution in [0.15, 0.2) is 30.9 Å². The van der Waals surface area contributed by atoms with Gasteiger partial charge in [0.15, 0.2) is 5.78 Å². The third-order valence-electron chi connectivity index (χ3n) is 2.65. The molecule has 2 heteroatoms. The van der Waals surface area contributed by atoms with Gasteiger partial charge < -0.3 is 5.32 Å². The number of benzene rings is 1. The van der Waals surface area contributed by atoms with E-state index < -0.39 is 0 Å². The summed E-state index contributed by atoms with van der Waals surface area (Å²) in [6, 6.07) is 5.86. The lowest BCUT2D eigenvalue weighted by Gasteiger charge is -2.05. The molecule has 0 fully saturated rings. The van der Waals surface area contributed by atoms with E-state index >= 15 is 0 Å². The van der Waals surface area contributed by atoms with Gasteiger partial charge in [-0.25, -0.2) is 0 Å². The van der Waals surface area contributed by atoms with Gasteiger partial charge in [-0.05, 0) is 31.0 Å². The van der Waals surface area contributed by atoms with Crippen LogP contribution in [0, 0.1) is 13.8 Å². The molecule has 0 aliphatic rings. The van der Waals surface area contributed by atoms with Gasteiger partial charge in [0.05, 0.1) is 0 Å². The number of Topliss-reactive ketones (excluding diaryl/α,β-unsaturated/α-hetero) is 1. The molecule has 1 rings (SSSR count). The zero-order valence-corrected chi connectivity index (χ0v) is 10.0. The third kappa shape index (κ3) is 3.63. The molecule has 0 unspecified atom stereocenters. The SMILES string of the molecule is C=CCNCCC(=O)c1ccc(C)c(C)c1. The first-order valence-electron chi connectivity index (χ1n) is 5.57. The average Bonchev–Trinajstić information content (AvgIpc) is 2.28. The molecule has 0 bridgehead atoms. The predicted molar refractivity (Wildman–Crippen MR) is 67.9 cm³/mol. The van der Waals surface area contributed by atoms with Crippen LogP contribution in [0.25, 0.3) is 0 Å². The van der Waals surface area contributed by atoms with Crippen molar-refractivity contribution in [2.75, 3.05) is 13.1 Å². The lowest BCUT2D eigenvalue weighted by atomic mass is 10.0. The van der Waals surface area contributed by atoms with E-state index in [9.17, 15) is 4.79 Å². The van der Waals surface area contributed by atoms with Gasteiger partial charge in [-0.2, -0.15) is 0 Å². The highest BCUT2D eigenvalue weighted by molar-refractivity contribution is 5.96. The monoisotopic (exact) mass is 217 g/mol. The summed E-state index contributed by atoms with van der Waals surface area (Å²) >= 11 is 0. The molecule has 86 valence electrons. The van der Waals surface area contributed by atoms with Crippen molar-refractivity contribution >= 4 is 5.78 Å². The van der Waals surface area contributed by atoms with Gasteiger partial charge in [-0.15, -0.1) is 6.58 Å². The second-order valence-corrected chi connectivity index (χ2v) is 3.97. The fraction of sp³-hybridized carbons (Fsp3) is 0.357. The zero-order chi connectivity index (χ0) is 12.0. The van der Waals surface area contributed by atoms with Crippen LogP contribution >= 0.6 is 0 Å². The highest BCUT2D eigenvalue weighted by Crippen LogP contribution is 2.11. The Kier molecular flexibility index (Phi) is 4.93. The minimum absolute atomic E-state index is 0.194. The average molecular weight is 217 g/mol. The van der Waals surface area contributed by atoms with Crippen LogP contribution < -0.4 is 5.32 Å². The summed E-state index contributed by atoms with van der Waals surface area (Å²) in [6.45, 7) is 9.15. The molecule has 1 aromatic rings. The molecule has 0 saturated carbocycles. The summed E-state index contributed by atoms with van der Waals surface area (Å²) in [6.07, 6.45) is 2.33. The van der Waals surface area contributed by atoms with Crippen molar-refractivity contribution in [3.05, 3.63) is 47.5 Å². The number of aryl methyl sites for hydroxylation is 2. The van der Waals surface area contributed by atoms with Gasteiger partial charge in [0.2, 0.25) is 0 Å². The Bertz CT molecular complexity index is 382. The van der Waals surface area contributed by atoms with Crippen LogP contribution in [0.3, 0.4) is 0 Å². The summed E-state index contributed by atoms with van der Waals surface area (Å²) in [5.41, 5.74) is 3.20. The maximum atomic E-state index is 11.8. The normalized spacial score (nSPS) is 10.1. The predicted octanol–water partition coefficient (Wildman–Crippen LogP) is 2.65. The lowest BCUT2D eigenvalue weighted by Crippen LogP contribution is -2.18. The van der Waals surface area contributed by atoms with Crippen LogP contribution in [0.1, 0.15) is 27.9 Å². The molecule has 0 saturated heterocycles. The first-order chi connectivity index (χ1) is 7.65. The van der Waals surface area contributed by atoms with Gasteiger partial charge in [0.25, 0.3) is 0 Å². The maximum Gasteiger partial charge on any atom is 0.164 e. The van der Waals surface area contributed by atoms with E-state index in [1.165, 1.54) is 11.1 Å². The second-order valence-electron chi connectivity index (χ2n) is 3.97. The highest BCUT2D eigenvalue weighted by Gasteiger charge is 2.05. The molecule has 0 heterocycles. The quantitative estimate of drug-likeness (QED) is 0.451. The minimum Gasteiger partial charge on any atom is -0.313 e. The Morgan fingerprint density at radius 3 is 2.75 bits per heavy atom. The number of hydrogen-bond donors (Lipinski definition) is 1. The number of ketones is 1. The van der Waals surface area contributed by atoms with Gasteiger partial charge in [-0.3, -0.25) is 4.79 Å². The first-order valence-corrected chi connectivity index (χ1v) is 5.57. The molecule has 2 nitrogen and oxygen atoms in total. The molecule has 0 radical (unpaired) electrons. The van der Waals surface area contributed by atoms with E-state index in [0.717, 1.165) is 12.1 Å². The van der Waals surface area contributed by atoms with Gasteiger partial charge in [0, 0.05) is 25.1 Å². The van der Waals surface area contributed by atoms with E-state index in [4.69, 9.17) is 0 Å². The number of rotatable bonds is 6. The van der Waals surface area contributed by atoms with Crippen molar-refractivity contribution in [2.45, 2.75) is 20.3 Å². The van der Waals surface area contributed by atoms with E-state index in [0.29, 0.717) is 13.0 Å². The fourth-order valence-electron chi connectivity index (χ4n) is 1.47. The molecule has 16 heavy (non-hydrogen) atoms. The van der Waals surface area contributed by atoms with Crippen molar-refractivity contribution in [1.29, 1.82) is 0 Å². The Balaban J connectivity index is 2.52. The van der Waals surface area contributed by atoms with Crippen molar-refractivity contribution in [3.8, 4) is 0 Å². The largest absolute Gasteiger partial charge is 0.313 e. The Labute approximate surface area is 97.4 Å². The van der Waals surface area contributed by atoms with E-state index in [-0.39, 0.29) is 5.78 Å². The summed E-state index contributed by atoms with van der Waals surface area (Å²) in [4.78, 5) is 11.8. The van der Waals surface area contributed by atoms with Crippen molar-refractivity contribution < 1.29 is 4.79 Å². The van der Waals surface area contributed by atoms with Gasteiger partial charge in [-0.1, -0.05) is 18.2 Å². The third-order valence-corrected chi connectivity index (χ3v) is 2.65. The van der Waals surface area contributed by atoms with E-state index in [1.54, 1.807) is 6.08 Å². The molecule has 0 aliphatic heterocycles.